The van der Waals surface area contributed by atoms with Crippen molar-refractivity contribution in [2.24, 2.45) is 11.8 Å². The molecule has 0 amide bonds. The molecule has 0 saturated carbocycles. The number of aromatic nitrogens is 1. The highest BCUT2D eigenvalue weighted by Gasteiger charge is 2.31. The zero-order chi connectivity index (χ0) is 17.3. The van der Waals surface area contributed by atoms with Crippen LogP contribution >= 0.6 is 0 Å². The minimum Gasteiger partial charge on any atom is -0.481 e. The number of hydrogen-bond donors (Lipinski definition) is 1. The Labute approximate surface area is 142 Å². The van der Waals surface area contributed by atoms with Gasteiger partial charge in [-0.1, -0.05) is 6.92 Å². The largest absolute Gasteiger partial charge is 0.481 e. The minimum atomic E-state index is -3.46. The summed E-state index contributed by atoms with van der Waals surface area (Å²) in [6, 6.07) is 3.25. The van der Waals surface area contributed by atoms with Gasteiger partial charge in [0, 0.05) is 32.4 Å². The Hall–Kier alpha value is -1.67. The number of anilines is 1. The predicted molar refractivity (Wildman–Crippen MR) is 89.3 cm³/mol. The van der Waals surface area contributed by atoms with E-state index in [2.05, 4.69) is 4.98 Å². The van der Waals surface area contributed by atoms with E-state index >= 15 is 0 Å². The number of carbonyl (C=O) groups is 1. The lowest BCUT2D eigenvalue weighted by Crippen LogP contribution is -2.43. The third kappa shape index (κ3) is 3.39. The van der Waals surface area contributed by atoms with Crippen LogP contribution in [0.5, 0.6) is 0 Å². The van der Waals surface area contributed by atoms with Gasteiger partial charge in [0.1, 0.15) is 10.7 Å². The van der Waals surface area contributed by atoms with Gasteiger partial charge >= 0.3 is 5.97 Å². The Bertz CT molecular complexity index is 699. The second-order valence-corrected chi connectivity index (χ2v) is 8.68. The van der Waals surface area contributed by atoms with Gasteiger partial charge in [-0.25, -0.2) is 13.4 Å². The third-order valence-electron chi connectivity index (χ3n) is 4.76. The van der Waals surface area contributed by atoms with Crippen LogP contribution in [0.3, 0.4) is 0 Å². The molecule has 0 bridgehead atoms. The summed E-state index contributed by atoms with van der Waals surface area (Å²) in [5, 5.41) is 9.26. The normalized spacial score (nSPS) is 25.8. The molecule has 0 radical (unpaired) electrons. The Kier molecular flexibility index (Phi) is 4.78. The molecule has 24 heavy (non-hydrogen) atoms. The van der Waals surface area contributed by atoms with E-state index in [1.807, 2.05) is 11.8 Å². The Balaban J connectivity index is 1.78. The molecule has 1 aromatic heterocycles. The Morgan fingerprint density at radius 3 is 2.54 bits per heavy atom. The first kappa shape index (κ1) is 17.2. The van der Waals surface area contributed by atoms with Crippen molar-refractivity contribution in [3.8, 4) is 0 Å². The van der Waals surface area contributed by atoms with Gasteiger partial charge in [-0.15, -0.1) is 0 Å². The van der Waals surface area contributed by atoms with Gasteiger partial charge < -0.3 is 10.0 Å². The van der Waals surface area contributed by atoms with E-state index in [0.717, 1.165) is 19.4 Å². The van der Waals surface area contributed by atoms with Crippen LogP contribution < -0.4 is 4.90 Å². The van der Waals surface area contributed by atoms with Gasteiger partial charge in [0.15, 0.2) is 0 Å². The molecule has 2 unspecified atom stereocenters. The van der Waals surface area contributed by atoms with Crippen LogP contribution in [0.4, 0.5) is 5.82 Å². The average molecular weight is 353 g/mol. The fourth-order valence-electron chi connectivity index (χ4n) is 3.51. The zero-order valence-electron chi connectivity index (χ0n) is 13.8. The smallest absolute Gasteiger partial charge is 0.308 e. The van der Waals surface area contributed by atoms with Crippen LogP contribution in [-0.2, 0) is 14.8 Å². The van der Waals surface area contributed by atoms with Crippen LogP contribution in [0.1, 0.15) is 26.2 Å². The highest BCUT2D eigenvalue weighted by atomic mass is 32.2. The molecule has 2 aliphatic heterocycles. The van der Waals surface area contributed by atoms with E-state index in [0.29, 0.717) is 31.9 Å². The second-order valence-electron chi connectivity index (χ2n) is 6.74. The number of hydrogen-bond acceptors (Lipinski definition) is 5. The molecule has 2 fully saturated rings. The molecule has 7 nitrogen and oxygen atoms in total. The molecule has 3 rings (SSSR count). The molecule has 2 aliphatic rings. The van der Waals surface area contributed by atoms with Crippen molar-refractivity contribution in [1.82, 2.24) is 9.29 Å². The van der Waals surface area contributed by atoms with Crippen molar-refractivity contribution in [3.05, 3.63) is 18.3 Å². The molecule has 0 spiro atoms. The number of sulfonamides is 1. The number of aliphatic carboxylic acids is 1. The summed E-state index contributed by atoms with van der Waals surface area (Å²) in [5.41, 5.74) is 0. The van der Waals surface area contributed by atoms with Gasteiger partial charge in [-0.2, -0.15) is 4.31 Å². The van der Waals surface area contributed by atoms with E-state index in [1.165, 1.54) is 10.5 Å². The van der Waals surface area contributed by atoms with Crippen molar-refractivity contribution in [1.29, 1.82) is 0 Å². The lowest BCUT2D eigenvalue weighted by atomic mass is 9.90. The standard InChI is InChI=1S/C16H23N3O4S/c1-12-8-13(16(20)21)11-18(10-12)15-5-4-14(9-17-15)24(22,23)19-6-2-3-7-19/h4-5,9,12-13H,2-3,6-8,10-11H2,1H3,(H,20,21). The Morgan fingerprint density at radius 1 is 1.25 bits per heavy atom. The number of pyridine rings is 1. The van der Waals surface area contributed by atoms with E-state index in [1.54, 1.807) is 12.1 Å². The second kappa shape index (κ2) is 6.68. The van der Waals surface area contributed by atoms with Gasteiger partial charge in [0.05, 0.1) is 5.92 Å². The molecule has 1 N–H and O–H groups in total. The molecule has 2 atom stereocenters. The fraction of sp³-hybridized carbons (Fsp3) is 0.625. The summed E-state index contributed by atoms with van der Waals surface area (Å²) in [6.45, 7) is 4.29. The molecule has 0 aliphatic carbocycles. The maximum absolute atomic E-state index is 12.5. The van der Waals surface area contributed by atoms with Gasteiger partial charge in [-0.05, 0) is 37.3 Å². The summed E-state index contributed by atoms with van der Waals surface area (Å²) >= 11 is 0. The molecule has 8 heteroatoms. The molecule has 0 aromatic carbocycles. The van der Waals surface area contributed by atoms with Crippen molar-refractivity contribution in [3.63, 3.8) is 0 Å². The molecule has 132 valence electrons. The van der Waals surface area contributed by atoms with E-state index in [-0.39, 0.29) is 10.8 Å². The van der Waals surface area contributed by atoms with Crippen LogP contribution in [-0.4, -0.2) is 55.0 Å². The van der Waals surface area contributed by atoms with Crippen LogP contribution in [0.15, 0.2) is 23.2 Å². The van der Waals surface area contributed by atoms with Crippen LogP contribution in [0, 0.1) is 11.8 Å². The lowest BCUT2D eigenvalue weighted by molar-refractivity contribution is -0.142. The van der Waals surface area contributed by atoms with Crippen LogP contribution in [0.2, 0.25) is 0 Å². The first-order valence-electron chi connectivity index (χ1n) is 8.32. The van der Waals surface area contributed by atoms with E-state index < -0.39 is 21.9 Å². The number of rotatable bonds is 4. The minimum absolute atomic E-state index is 0.202. The fourth-order valence-corrected chi connectivity index (χ4v) is 4.97. The maximum atomic E-state index is 12.5. The SMILES string of the molecule is CC1CC(C(=O)O)CN(c2ccc(S(=O)(=O)N3CCCC3)cn2)C1. The number of piperidine rings is 1. The number of nitrogens with zero attached hydrogens (tertiary/aromatic N) is 3. The monoisotopic (exact) mass is 353 g/mol. The van der Waals surface area contributed by atoms with Gasteiger partial charge in [-0.3, -0.25) is 4.79 Å². The van der Waals surface area contributed by atoms with Gasteiger partial charge in [0.2, 0.25) is 10.0 Å². The van der Waals surface area contributed by atoms with Crippen LogP contribution in [0.25, 0.3) is 0 Å². The van der Waals surface area contributed by atoms with Crippen molar-refractivity contribution in [2.45, 2.75) is 31.1 Å². The number of carboxylic acids is 1. The highest BCUT2D eigenvalue weighted by Crippen LogP contribution is 2.27. The maximum Gasteiger partial charge on any atom is 0.308 e. The summed E-state index contributed by atoms with van der Waals surface area (Å²) in [6.07, 6.45) is 3.84. The molecule has 3 heterocycles. The lowest BCUT2D eigenvalue weighted by Gasteiger charge is -2.35. The van der Waals surface area contributed by atoms with Gasteiger partial charge in [0.25, 0.3) is 0 Å². The summed E-state index contributed by atoms with van der Waals surface area (Å²) in [4.78, 5) is 17.7. The zero-order valence-corrected chi connectivity index (χ0v) is 14.6. The van der Waals surface area contributed by atoms with Crippen molar-refractivity contribution in [2.75, 3.05) is 31.1 Å². The Morgan fingerprint density at radius 2 is 1.96 bits per heavy atom. The predicted octanol–water partition coefficient (Wildman–Crippen LogP) is 1.41. The molecular weight excluding hydrogens is 330 g/mol. The average Bonchev–Trinajstić information content (AvgIpc) is 3.09. The molecule has 2 saturated heterocycles. The first-order valence-corrected chi connectivity index (χ1v) is 9.76. The summed E-state index contributed by atoms with van der Waals surface area (Å²) in [7, 11) is -3.46. The summed E-state index contributed by atoms with van der Waals surface area (Å²) in [5.74, 6) is -0.314. The molecule has 1 aromatic rings. The third-order valence-corrected chi connectivity index (χ3v) is 6.64. The van der Waals surface area contributed by atoms with Crippen molar-refractivity contribution < 1.29 is 18.3 Å². The summed E-state index contributed by atoms with van der Waals surface area (Å²) < 4.78 is 26.5. The molecular formula is C16H23N3O4S. The van der Waals surface area contributed by atoms with E-state index in [9.17, 15) is 18.3 Å². The number of carboxylic acid groups (broad SMARTS) is 1. The topological polar surface area (TPSA) is 90.8 Å². The van der Waals surface area contributed by atoms with E-state index in [4.69, 9.17) is 0 Å². The quantitative estimate of drug-likeness (QED) is 0.880. The first-order chi connectivity index (χ1) is 11.4. The van der Waals surface area contributed by atoms with Crippen molar-refractivity contribution >= 4 is 21.8 Å². The highest BCUT2D eigenvalue weighted by molar-refractivity contribution is 7.89.